The van der Waals surface area contributed by atoms with Gasteiger partial charge in [0.15, 0.2) is 0 Å². The lowest BCUT2D eigenvalue weighted by Gasteiger charge is -2.29. The number of unbranched alkanes of at least 4 members (excludes halogenated alkanes) is 1. The molecule has 4 rings (SSSR count). The molecule has 1 N–H and O–H groups in total. The molecule has 0 amide bonds. The van der Waals surface area contributed by atoms with Gasteiger partial charge in [0, 0.05) is 38.2 Å². The van der Waals surface area contributed by atoms with E-state index >= 15 is 0 Å². The van der Waals surface area contributed by atoms with Crippen LogP contribution in [0.3, 0.4) is 0 Å². The Morgan fingerprint density at radius 3 is 2.25 bits per heavy atom. The number of H-pyrrole nitrogens is 1. The normalized spacial score (nSPS) is 11.8. The number of aromatic nitrogens is 7. The van der Waals surface area contributed by atoms with Crippen LogP contribution in [0.2, 0.25) is 0 Å². The van der Waals surface area contributed by atoms with Crippen LogP contribution in [0.4, 0.5) is 0 Å². The van der Waals surface area contributed by atoms with Crippen molar-refractivity contribution < 1.29 is 9.47 Å². The summed E-state index contributed by atoms with van der Waals surface area (Å²) in [6.07, 6.45) is 3.42. The zero-order valence-corrected chi connectivity index (χ0v) is 21.6. The fourth-order valence-corrected chi connectivity index (χ4v) is 4.34. The molecule has 9 heteroatoms. The monoisotopic (exact) mass is 489 g/mol. The summed E-state index contributed by atoms with van der Waals surface area (Å²) < 4.78 is 14.1. The summed E-state index contributed by atoms with van der Waals surface area (Å²) in [5.74, 6) is 1.17. The van der Waals surface area contributed by atoms with Gasteiger partial charge in [0.05, 0.1) is 0 Å². The average Bonchev–Trinajstić information content (AvgIpc) is 3.59. The van der Waals surface area contributed by atoms with Crippen LogP contribution in [0, 0.1) is 0 Å². The summed E-state index contributed by atoms with van der Waals surface area (Å²) in [6.45, 7) is 10.0. The smallest absolute Gasteiger partial charge is 0.231 e. The van der Waals surface area contributed by atoms with Gasteiger partial charge in [-0.05, 0) is 42.2 Å². The molecule has 0 radical (unpaired) electrons. The maximum Gasteiger partial charge on any atom is 0.231 e. The summed E-state index contributed by atoms with van der Waals surface area (Å²) in [6, 6.07) is 16.6. The van der Waals surface area contributed by atoms with E-state index in [4.69, 9.17) is 19.6 Å². The molecule has 0 saturated carbocycles. The van der Waals surface area contributed by atoms with Gasteiger partial charge in [-0.15, -0.1) is 10.2 Å². The van der Waals surface area contributed by atoms with Crippen LogP contribution in [0.1, 0.15) is 64.2 Å². The maximum atomic E-state index is 6.06. The minimum Gasteiger partial charge on any atom is -0.344 e. The third kappa shape index (κ3) is 5.52. The standard InChI is InChI=1S/C27H35N7O2/c1-5-9-18-34-24(28-26(31-34)27(6-2,35-7-3)36-8-4)19-20-14-16-21(17-15-20)22-12-10-11-13-23(22)25-29-32-33-30-25/h10-17H,5-9,18-19H2,1-4H3,(H,29,30,32,33). The summed E-state index contributed by atoms with van der Waals surface area (Å²) in [4.78, 5) is 4.94. The zero-order valence-electron chi connectivity index (χ0n) is 21.6. The van der Waals surface area contributed by atoms with Crippen molar-refractivity contribution in [3.8, 4) is 22.5 Å². The van der Waals surface area contributed by atoms with Crippen LogP contribution in [-0.2, 0) is 28.2 Å². The largest absolute Gasteiger partial charge is 0.344 e. The Balaban J connectivity index is 1.62. The van der Waals surface area contributed by atoms with Crippen molar-refractivity contribution in [3.05, 3.63) is 65.7 Å². The number of hydrogen-bond acceptors (Lipinski definition) is 7. The van der Waals surface area contributed by atoms with Gasteiger partial charge in [0.1, 0.15) is 5.82 Å². The van der Waals surface area contributed by atoms with Crippen LogP contribution in [0.25, 0.3) is 22.5 Å². The topological polar surface area (TPSA) is 104 Å². The Kier molecular flexibility index (Phi) is 8.56. The van der Waals surface area contributed by atoms with Gasteiger partial charge in [-0.2, -0.15) is 10.3 Å². The molecule has 190 valence electrons. The summed E-state index contributed by atoms with van der Waals surface area (Å²) in [7, 11) is 0. The van der Waals surface area contributed by atoms with Gasteiger partial charge in [0.25, 0.3) is 0 Å². The molecule has 2 heterocycles. The molecule has 4 aromatic rings. The van der Waals surface area contributed by atoms with Crippen molar-refractivity contribution in [3.63, 3.8) is 0 Å². The predicted octanol–water partition coefficient (Wildman–Crippen LogP) is 5.15. The Bertz CT molecular complexity index is 1210. The summed E-state index contributed by atoms with van der Waals surface area (Å²) >= 11 is 0. The quantitative estimate of drug-likeness (QED) is 0.259. The van der Waals surface area contributed by atoms with E-state index in [0.29, 0.717) is 37.7 Å². The van der Waals surface area contributed by atoms with Gasteiger partial charge in [-0.1, -0.05) is 68.8 Å². The van der Waals surface area contributed by atoms with E-state index in [2.05, 4.69) is 57.9 Å². The lowest BCUT2D eigenvalue weighted by Crippen LogP contribution is -2.34. The van der Waals surface area contributed by atoms with Crippen LogP contribution in [-0.4, -0.2) is 48.6 Å². The molecule has 2 aromatic carbocycles. The number of tetrazole rings is 1. The minimum atomic E-state index is -0.918. The van der Waals surface area contributed by atoms with Crippen molar-refractivity contribution in [2.45, 2.75) is 65.7 Å². The highest BCUT2D eigenvalue weighted by molar-refractivity contribution is 5.80. The first kappa shape index (κ1) is 25.7. The van der Waals surface area contributed by atoms with Gasteiger partial charge >= 0.3 is 0 Å². The highest BCUT2D eigenvalue weighted by Gasteiger charge is 2.37. The molecule has 0 saturated heterocycles. The molecule has 2 aromatic heterocycles. The van der Waals surface area contributed by atoms with E-state index < -0.39 is 5.79 Å². The fourth-order valence-electron chi connectivity index (χ4n) is 4.34. The molecule has 9 nitrogen and oxygen atoms in total. The van der Waals surface area contributed by atoms with E-state index in [1.54, 1.807) is 0 Å². The molecule has 36 heavy (non-hydrogen) atoms. The SMILES string of the molecule is CCCCn1nc(C(CC)(OCC)OCC)nc1Cc1ccc(-c2ccccc2-c2nn[nH]n2)cc1. The van der Waals surface area contributed by atoms with Gasteiger partial charge in [-0.25, -0.2) is 9.67 Å². The predicted molar refractivity (Wildman–Crippen MR) is 138 cm³/mol. The Morgan fingerprint density at radius 1 is 0.917 bits per heavy atom. The molecule has 0 unspecified atom stereocenters. The van der Waals surface area contributed by atoms with Crippen molar-refractivity contribution in [1.29, 1.82) is 0 Å². The molecule has 0 aliphatic carbocycles. The average molecular weight is 490 g/mol. The van der Waals surface area contributed by atoms with Crippen molar-refractivity contribution in [2.24, 2.45) is 0 Å². The molecule has 0 atom stereocenters. The lowest BCUT2D eigenvalue weighted by atomic mass is 9.98. The Morgan fingerprint density at radius 2 is 1.64 bits per heavy atom. The highest BCUT2D eigenvalue weighted by Crippen LogP contribution is 2.31. The Hall–Kier alpha value is -3.43. The van der Waals surface area contributed by atoms with E-state index in [9.17, 15) is 0 Å². The van der Waals surface area contributed by atoms with Crippen LogP contribution >= 0.6 is 0 Å². The molecular weight excluding hydrogens is 454 g/mol. The summed E-state index contributed by atoms with van der Waals surface area (Å²) in [5, 5.41) is 19.4. The minimum absolute atomic E-state index is 0.527. The second-order valence-corrected chi connectivity index (χ2v) is 8.56. The molecule has 0 fully saturated rings. The molecule has 0 aliphatic heterocycles. The fraction of sp³-hybridized carbons (Fsp3) is 0.444. The number of aryl methyl sites for hydroxylation is 1. The second-order valence-electron chi connectivity index (χ2n) is 8.56. The highest BCUT2D eigenvalue weighted by atomic mass is 16.7. The second kappa shape index (κ2) is 12.0. The van der Waals surface area contributed by atoms with Crippen molar-refractivity contribution in [2.75, 3.05) is 13.2 Å². The number of nitrogens with zero attached hydrogens (tertiary/aromatic N) is 6. The van der Waals surface area contributed by atoms with Crippen molar-refractivity contribution >= 4 is 0 Å². The first-order valence-electron chi connectivity index (χ1n) is 12.8. The van der Waals surface area contributed by atoms with Gasteiger partial charge < -0.3 is 9.47 Å². The van der Waals surface area contributed by atoms with E-state index in [0.717, 1.165) is 47.5 Å². The van der Waals surface area contributed by atoms with E-state index in [1.165, 1.54) is 0 Å². The first-order chi connectivity index (χ1) is 17.6. The molecular formula is C27H35N7O2. The number of ether oxygens (including phenoxy) is 2. The summed E-state index contributed by atoms with van der Waals surface area (Å²) in [5.41, 5.74) is 4.23. The number of hydrogen-bond donors (Lipinski definition) is 1. The van der Waals surface area contributed by atoms with Crippen LogP contribution in [0.5, 0.6) is 0 Å². The number of rotatable bonds is 13. The number of benzene rings is 2. The molecule has 0 bridgehead atoms. The number of nitrogens with one attached hydrogen (secondary N) is 1. The third-order valence-corrected chi connectivity index (χ3v) is 6.17. The van der Waals surface area contributed by atoms with Gasteiger partial charge in [-0.3, -0.25) is 0 Å². The van der Waals surface area contributed by atoms with E-state index in [-0.39, 0.29) is 0 Å². The van der Waals surface area contributed by atoms with Crippen molar-refractivity contribution in [1.82, 2.24) is 35.4 Å². The molecule has 0 aliphatic rings. The van der Waals surface area contributed by atoms with Gasteiger partial charge in [0.2, 0.25) is 17.4 Å². The third-order valence-electron chi connectivity index (χ3n) is 6.17. The van der Waals surface area contributed by atoms with Crippen LogP contribution < -0.4 is 0 Å². The molecule has 0 spiro atoms. The first-order valence-corrected chi connectivity index (χ1v) is 12.8. The van der Waals surface area contributed by atoms with Crippen LogP contribution in [0.15, 0.2) is 48.5 Å². The maximum absolute atomic E-state index is 6.06. The number of aromatic amines is 1. The lowest BCUT2D eigenvalue weighted by molar-refractivity contribution is -0.249. The zero-order chi connectivity index (χ0) is 25.4. The Labute approximate surface area is 212 Å². The van der Waals surface area contributed by atoms with E-state index in [1.807, 2.05) is 43.7 Å².